The number of nitrogen functional groups attached to an aromatic ring is 2. The minimum absolute atomic E-state index is 0.0151. The Morgan fingerprint density at radius 3 is 2.53 bits per heavy atom. The second-order valence-corrected chi connectivity index (χ2v) is 5.26. The number of nitrogens with two attached hydrogens (primary N) is 2. The topological polar surface area (TPSA) is 77.8 Å². The molecule has 1 aromatic heterocycles. The third-order valence-electron chi connectivity index (χ3n) is 2.70. The third-order valence-corrected chi connectivity index (χ3v) is 3.78. The standard InChI is InChI=1S/C10H14F2N4S/c11-10(12)2-1-6(4-10)5-17-9-15-7(13)3-8(14)16-9/h3,6H,1-2,4-5H2,(H4,13,14,15,16). The summed E-state index contributed by atoms with van der Waals surface area (Å²) in [5, 5.41) is 0.456. The summed E-state index contributed by atoms with van der Waals surface area (Å²) in [6.07, 6.45) is 0.494. The molecule has 1 saturated carbocycles. The average molecular weight is 260 g/mol. The Morgan fingerprint density at radius 1 is 1.35 bits per heavy atom. The van der Waals surface area contributed by atoms with Gasteiger partial charge in [-0.05, 0) is 12.3 Å². The maximum Gasteiger partial charge on any atom is 0.248 e. The molecule has 1 atom stereocenters. The van der Waals surface area contributed by atoms with E-state index in [0.717, 1.165) is 0 Å². The lowest BCUT2D eigenvalue weighted by molar-refractivity contribution is 0.00596. The van der Waals surface area contributed by atoms with Crippen LogP contribution in [0.4, 0.5) is 20.4 Å². The minimum Gasteiger partial charge on any atom is -0.383 e. The largest absolute Gasteiger partial charge is 0.383 e. The molecule has 1 heterocycles. The second-order valence-electron chi connectivity index (χ2n) is 4.28. The van der Waals surface area contributed by atoms with Crippen LogP contribution in [0.25, 0.3) is 0 Å². The molecule has 4 nitrogen and oxygen atoms in total. The van der Waals surface area contributed by atoms with Crippen LogP contribution in [0.15, 0.2) is 11.2 Å². The molecular weight excluding hydrogens is 246 g/mol. The van der Waals surface area contributed by atoms with Crippen LogP contribution in [0, 0.1) is 5.92 Å². The third kappa shape index (κ3) is 3.42. The molecule has 0 amide bonds. The molecule has 4 N–H and O–H groups in total. The van der Waals surface area contributed by atoms with Gasteiger partial charge in [-0.1, -0.05) is 11.8 Å². The second kappa shape index (κ2) is 4.64. The highest BCUT2D eigenvalue weighted by atomic mass is 32.2. The van der Waals surface area contributed by atoms with Crippen molar-refractivity contribution < 1.29 is 8.78 Å². The summed E-state index contributed by atoms with van der Waals surface area (Å²) in [6.45, 7) is 0. The lowest BCUT2D eigenvalue weighted by atomic mass is 10.1. The summed E-state index contributed by atoms with van der Waals surface area (Å²) < 4.78 is 25.9. The highest BCUT2D eigenvalue weighted by molar-refractivity contribution is 7.99. The maximum atomic E-state index is 13.0. The molecule has 1 unspecified atom stereocenters. The maximum absolute atomic E-state index is 13.0. The number of alkyl halides is 2. The first-order chi connectivity index (χ1) is 7.94. The van der Waals surface area contributed by atoms with E-state index in [1.165, 1.54) is 17.8 Å². The van der Waals surface area contributed by atoms with E-state index in [4.69, 9.17) is 11.5 Å². The fourth-order valence-electron chi connectivity index (χ4n) is 1.90. The van der Waals surface area contributed by atoms with Crippen molar-refractivity contribution in [1.29, 1.82) is 0 Å². The van der Waals surface area contributed by atoms with Crippen molar-refractivity contribution in [2.45, 2.75) is 30.3 Å². The number of rotatable bonds is 3. The van der Waals surface area contributed by atoms with E-state index in [9.17, 15) is 8.78 Å². The molecule has 0 saturated heterocycles. The Hall–Kier alpha value is -1.11. The van der Waals surface area contributed by atoms with Crippen LogP contribution in [0.5, 0.6) is 0 Å². The van der Waals surface area contributed by atoms with E-state index in [0.29, 0.717) is 29.0 Å². The molecule has 0 bridgehead atoms. The summed E-state index contributed by atoms with van der Waals surface area (Å²) >= 11 is 1.33. The van der Waals surface area contributed by atoms with Gasteiger partial charge in [0.1, 0.15) is 11.6 Å². The van der Waals surface area contributed by atoms with Gasteiger partial charge in [0.15, 0.2) is 5.16 Å². The Balaban J connectivity index is 1.90. The Morgan fingerprint density at radius 2 is 2.00 bits per heavy atom. The first kappa shape index (κ1) is 12.3. The molecule has 2 rings (SSSR count). The molecule has 94 valence electrons. The van der Waals surface area contributed by atoms with Gasteiger partial charge in [0.05, 0.1) is 0 Å². The van der Waals surface area contributed by atoms with Crippen molar-refractivity contribution in [1.82, 2.24) is 9.97 Å². The van der Waals surface area contributed by atoms with Crippen LogP contribution in [-0.4, -0.2) is 21.6 Å². The van der Waals surface area contributed by atoms with Gasteiger partial charge in [-0.3, -0.25) is 0 Å². The van der Waals surface area contributed by atoms with Gasteiger partial charge in [0.2, 0.25) is 5.92 Å². The summed E-state index contributed by atoms with van der Waals surface area (Å²) in [5.41, 5.74) is 11.0. The molecular formula is C10H14F2N4S. The van der Waals surface area contributed by atoms with Crippen LogP contribution in [0.1, 0.15) is 19.3 Å². The molecule has 0 aliphatic heterocycles. The number of hydrogen-bond donors (Lipinski definition) is 2. The molecule has 1 aliphatic carbocycles. The van der Waals surface area contributed by atoms with Gasteiger partial charge in [-0.25, -0.2) is 18.7 Å². The summed E-state index contributed by atoms with van der Waals surface area (Å²) in [4.78, 5) is 7.99. The highest BCUT2D eigenvalue weighted by Gasteiger charge is 2.39. The molecule has 17 heavy (non-hydrogen) atoms. The number of thioether (sulfide) groups is 1. The van der Waals surface area contributed by atoms with Crippen LogP contribution in [-0.2, 0) is 0 Å². The van der Waals surface area contributed by atoms with E-state index in [-0.39, 0.29) is 18.8 Å². The summed E-state index contributed by atoms with van der Waals surface area (Å²) in [7, 11) is 0. The molecule has 1 aliphatic rings. The normalized spacial score (nSPS) is 22.8. The number of nitrogens with zero attached hydrogens (tertiary/aromatic N) is 2. The zero-order chi connectivity index (χ0) is 12.5. The molecule has 1 aromatic rings. The van der Waals surface area contributed by atoms with E-state index >= 15 is 0 Å². The molecule has 0 radical (unpaired) electrons. The smallest absolute Gasteiger partial charge is 0.248 e. The Bertz CT molecular complexity index is 393. The van der Waals surface area contributed by atoms with E-state index in [1.807, 2.05) is 0 Å². The predicted octanol–water partition coefficient (Wildman–Crippen LogP) is 2.17. The fraction of sp³-hybridized carbons (Fsp3) is 0.600. The zero-order valence-corrected chi connectivity index (χ0v) is 10.0. The van der Waals surface area contributed by atoms with Crippen molar-refractivity contribution in [3.8, 4) is 0 Å². The summed E-state index contributed by atoms with van der Waals surface area (Å²) in [6, 6.07) is 1.47. The van der Waals surface area contributed by atoms with E-state index < -0.39 is 5.92 Å². The van der Waals surface area contributed by atoms with Crippen LogP contribution >= 0.6 is 11.8 Å². The van der Waals surface area contributed by atoms with Crippen molar-refractivity contribution in [2.24, 2.45) is 5.92 Å². The van der Waals surface area contributed by atoms with Crippen molar-refractivity contribution in [2.75, 3.05) is 17.2 Å². The van der Waals surface area contributed by atoms with Crippen LogP contribution < -0.4 is 11.5 Å². The van der Waals surface area contributed by atoms with Gasteiger partial charge in [0.25, 0.3) is 0 Å². The molecule has 1 fully saturated rings. The molecule has 0 spiro atoms. The number of aromatic nitrogens is 2. The van der Waals surface area contributed by atoms with Crippen molar-refractivity contribution in [3.05, 3.63) is 6.07 Å². The van der Waals surface area contributed by atoms with Crippen LogP contribution in [0.3, 0.4) is 0 Å². The average Bonchev–Trinajstić information content (AvgIpc) is 2.54. The monoisotopic (exact) mass is 260 g/mol. The first-order valence-corrected chi connectivity index (χ1v) is 6.34. The van der Waals surface area contributed by atoms with Crippen molar-refractivity contribution >= 4 is 23.4 Å². The number of hydrogen-bond acceptors (Lipinski definition) is 5. The molecule has 0 aromatic carbocycles. The Kier molecular flexibility index (Phi) is 3.37. The highest BCUT2D eigenvalue weighted by Crippen LogP contribution is 2.40. The lowest BCUT2D eigenvalue weighted by Crippen LogP contribution is -2.10. The Labute approximate surface area is 102 Å². The van der Waals surface area contributed by atoms with Gasteiger partial charge in [0, 0.05) is 24.7 Å². The lowest BCUT2D eigenvalue weighted by Gasteiger charge is -2.09. The molecule has 7 heteroatoms. The minimum atomic E-state index is -2.50. The van der Waals surface area contributed by atoms with E-state index in [1.54, 1.807) is 0 Å². The summed E-state index contributed by atoms with van der Waals surface area (Å²) in [5.74, 6) is -1.30. The van der Waals surface area contributed by atoms with Gasteiger partial charge in [-0.2, -0.15) is 0 Å². The number of halogens is 2. The van der Waals surface area contributed by atoms with E-state index in [2.05, 4.69) is 9.97 Å². The van der Waals surface area contributed by atoms with Crippen molar-refractivity contribution in [3.63, 3.8) is 0 Å². The van der Waals surface area contributed by atoms with Crippen LogP contribution in [0.2, 0.25) is 0 Å². The first-order valence-electron chi connectivity index (χ1n) is 5.35. The van der Waals surface area contributed by atoms with Gasteiger partial charge >= 0.3 is 0 Å². The number of anilines is 2. The van der Waals surface area contributed by atoms with Gasteiger partial charge < -0.3 is 11.5 Å². The fourth-order valence-corrected chi connectivity index (χ4v) is 2.91. The predicted molar refractivity (Wildman–Crippen MR) is 63.9 cm³/mol. The zero-order valence-electron chi connectivity index (χ0n) is 9.20. The SMILES string of the molecule is Nc1cc(N)nc(SCC2CCC(F)(F)C2)n1. The quantitative estimate of drug-likeness (QED) is 0.643. The van der Waals surface area contributed by atoms with Gasteiger partial charge in [-0.15, -0.1) is 0 Å².